The van der Waals surface area contributed by atoms with E-state index in [1.165, 1.54) is 0 Å². The molecule has 3 heteroatoms. The Morgan fingerprint density at radius 3 is 2.60 bits per heavy atom. The molecule has 0 aromatic rings. The number of hydrogen-bond donors (Lipinski definition) is 1. The van der Waals surface area contributed by atoms with E-state index in [1.54, 1.807) is 0 Å². The van der Waals surface area contributed by atoms with Gasteiger partial charge in [0.2, 0.25) is 0 Å². The first-order valence-electron chi connectivity index (χ1n) is 3.70. The predicted octanol–water partition coefficient (Wildman–Crippen LogP) is -0.219. The normalized spacial score (nSPS) is 53.4. The lowest BCUT2D eigenvalue weighted by atomic mass is 10.0. The molecule has 2 aliphatic heterocycles. The lowest BCUT2D eigenvalue weighted by molar-refractivity contribution is 0.0173. The van der Waals surface area contributed by atoms with Gasteiger partial charge in [-0.2, -0.15) is 0 Å². The number of hydrogen-bond acceptors (Lipinski definition) is 3. The first-order chi connectivity index (χ1) is 4.79. The molecule has 2 heterocycles. The molecule has 0 saturated carbocycles. The summed E-state index contributed by atoms with van der Waals surface area (Å²) in [6.07, 6.45) is -0.292. The molecular formula is C7H12O3. The molecule has 0 amide bonds. The zero-order chi connectivity index (χ0) is 7.14. The Morgan fingerprint density at radius 1 is 1.20 bits per heavy atom. The van der Waals surface area contributed by atoms with Crippen LogP contribution in [0.5, 0.6) is 0 Å². The van der Waals surface area contributed by atoms with Gasteiger partial charge >= 0.3 is 0 Å². The van der Waals surface area contributed by atoms with E-state index in [0.29, 0.717) is 12.5 Å². The molecule has 0 radical (unpaired) electrons. The van der Waals surface area contributed by atoms with Crippen LogP contribution >= 0.6 is 0 Å². The lowest BCUT2D eigenvalue weighted by Crippen LogP contribution is -2.28. The maximum absolute atomic E-state index is 9.27. The average molecular weight is 144 g/mol. The van der Waals surface area contributed by atoms with Crippen LogP contribution < -0.4 is 0 Å². The summed E-state index contributed by atoms with van der Waals surface area (Å²) in [7, 11) is 0. The number of aliphatic hydroxyl groups excluding tert-OH is 1. The van der Waals surface area contributed by atoms with Crippen LogP contribution in [0.15, 0.2) is 0 Å². The van der Waals surface area contributed by atoms with Crippen LogP contribution in [0.3, 0.4) is 0 Å². The van der Waals surface area contributed by atoms with Crippen molar-refractivity contribution in [1.82, 2.24) is 0 Å². The lowest BCUT2D eigenvalue weighted by Gasteiger charge is -2.10. The van der Waals surface area contributed by atoms with Gasteiger partial charge in [0.15, 0.2) is 0 Å². The molecule has 1 N–H and O–H groups in total. The second kappa shape index (κ2) is 2.19. The third-order valence-corrected chi connectivity index (χ3v) is 2.27. The number of rotatable bonds is 0. The van der Waals surface area contributed by atoms with Crippen LogP contribution in [0.25, 0.3) is 0 Å². The van der Waals surface area contributed by atoms with E-state index in [1.807, 2.05) is 0 Å². The van der Waals surface area contributed by atoms with Crippen LogP contribution in [-0.4, -0.2) is 36.6 Å². The van der Waals surface area contributed by atoms with Crippen molar-refractivity contribution in [3.63, 3.8) is 0 Å². The second-order valence-corrected chi connectivity index (χ2v) is 3.14. The Labute approximate surface area is 59.9 Å². The van der Waals surface area contributed by atoms with Crippen molar-refractivity contribution < 1.29 is 14.6 Å². The van der Waals surface area contributed by atoms with Crippen LogP contribution in [0.1, 0.15) is 6.92 Å². The predicted molar refractivity (Wildman–Crippen MR) is 34.7 cm³/mol. The Hall–Kier alpha value is -0.120. The minimum absolute atomic E-state index is 0.0463. The molecular weight excluding hydrogens is 132 g/mol. The monoisotopic (exact) mass is 144 g/mol. The molecule has 0 aromatic carbocycles. The Bertz CT molecular complexity index is 121. The number of fused-ring (bicyclic) bond motifs is 1. The van der Waals surface area contributed by atoms with Gasteiger partial charge in [0.05, 0.1) is 19.3 Å². The number of ether oxygens (including phenoxy) is 2. The standard InChI is InChI=1S/C7H12O3/c1-4-2-9-7-5(8)3-10-6(4)7/h4-8H,2-3H2,1H3/t4-,5?,6-,7-/m1/s1. The van der Waals surface area contributed by atoms with Gasteiger partial charge in [-0.25, -0.2) is 0 Å². The van der Waals surface area contributed by atoms with Gasteiger partial charge < -0.3 is 14.6 Å². The van der Waals surface area contributed by atoms with Crippen molar-refractivity contribution in [1.29, 1.82) is 0 Å². The minimum Gasteiger partial charge on any atom is -0.388 e. The van der Waals surface area contributed by atoms with E-state index in [-0.39, 0.29) is 12.2 Å². The first kappa shape index (κ1) is 6.58. The van der Waals surface area contributed by atoms with Crippen molar-refractivity contribution in [2.75, 3.05) is 13.2 Å². The molecule has 2 fully saturated rings. The van der Waals surface area contributed by atoms with Gasteiger partial charge in [-0.05, 0) is 0 Å². The summed E-state index contributed by atoms with van der Waals surface area (Å²) in [5.74, 6) is 0.446. The summed E-state index contributed by atoms with van der Waals surface area (Å²) in [4.78, 5) is 0. The molecule has 1 unspecified atom stereocenters. The molecule has 4 atom stereocenters. The van der Waals surface area contributed by atoms with Gasteiger partial charge in [0.25, 0.3) is 0 Å². The average Bonchev–Trinajstić information content (AvgIpc) is 2.41. The summed E-state index contributed by atoms with van der Waals surface area (Å²) in [5.41, 5.74) is 0. The van der Waals surface area contributed by atoms with Crippen LogP contribution in [-0.2, 0) is 9.47 Å². The molecule has 0 aliphatic carbocycles. The van der Waals surface area contributed by atoms with Crippen molar-refractivity contribution in [2.45, 2.75) is 25.2 Å². The van der Waals surface area contributed by atoms with Gasteiger partial charge in [-0.3, -0.25) is 0 Å². The smallest absolute Gasteiger partial charge is 0.112 e. The molecule has 0 aromatic heterocycles. The Morgan fingerprint density at radius 2 is 1.90 bits per heavy atom. The molecule has 2 aliphatic rings. The summed E-state index contributed by atoms with van der Waals surface area (Å²) in [6.45, 7) is 3.26. The highest BCUT2D eigenvalue weighted by Crippen LogP contribution is 2.30. The highest BCUT2D eigenvalue weighted by Gasteiger charge is 2.44. The zero-order valence-electron chi connectivity index (χ0n) is 5.99. The molecule has 0 bridgehead atoms. The van der Waals surface area contributed by atoms with Crippen LogP contribution in [0, 0.1) is 5.92 Å². The van der Waals surface area contributed by atoms with Crippen molar-refractivity contribution in [2.24, 2.45) is 5.92 Å². The van der Waals surface area contributed by atoms with Gasteiger partial charge in [0.1, 0.15) is 12.2 Å². The van der Waals surface area contributed by atoms with Gasteiger partial charge in [0, 0.05) is 5.92 Å². The topological polar surface area (TPSA) is 38.7 Å². The Kier molecular flexibility index (Phi) is 1.44. The second-order valence-electron chi connectivity index (χ2n) is 3.14. The van der Waals surface area contributed by atoms with Gasteiger partial charge in [-0.15, -0.1) is 0 Å². The van der Waals surface area contributed by atoms with Gasteiger partial charge in [-0.1, -0.05) is 6.92 Å². The van der Waals surface area contributed by atoms with Crippen LogP contribution in [0.2, 0.25) is 0 Å². The fourth-order valence-corrected chi connectivity index (χ4v) is 1.67. The number of aliphatic hydroxyl groups is 1. The molecule has 0 spiro atoms. The van der Waals surface area contributed by atoms with Crippen LogP contribution in [0.4, 0.5) is 0 Å². The van der Waals surface area contributed by atoms with E-state index in [9.17, 15) is 5.11 Å². The minimum atomic E-state index is -0.394. The molecule has 58 valence electrons. The van der Waals surface area contributed by atoms with Crippen molar-refractivity contribution in [3.8, 4) is 0 Å². The highest BCUT2D eigenvalue weighted by atomic mass is 16.6. The molecule has 10 heavy (non-hydrogen) atoms. The molecule has 2 saturated heterocycles. The van der Waals surface area contributed by atoms with E-state index >= 15 is 0 Å². The van der Waals surface area contributed by atoms with E-state index < -0.39 is 6.10 Å². The molecule has 2 rings (SSSR count). The maximum atomic E-state index is 9.27. The largest absolute Gasteiger partial charge is 0.388 e. The SMILES string of the molecule is C[C@@H]1CO[C@@H]2C(O)CO[C@H]12. The maximum Gasteiger partial charge on any atom is 0.112 e. The van der Waals surface area contributed by atoms with E-state index in [0.717, 1.165) is 6.61 Å². The fourth-order valence-electron chi connectivity index (χ4n) is 1.67. The van der Waals surface area contributed by atoms with E-state index in [2.05, 4.69) is 6.92 Å². The van der Waals surface area contributed by atoms with Crippen molar-refractivity contribution in [3.05, 3.63) is 0 Å². The quantitative estimate of drug-likeness (QED) is 0.511. The summed E-state index contributed by atoms with van der Waals surface area (Å²) >= 11 is 0. The Balaban J connectivity index is 2.09. The first-order valence-corrected chi connectivity index (χ1v) is 3.70. The summed E-state index contributed by atoms with van der Waals surface area (Å²) in [5, 5.41) is 9.27. The highest BCUT2D eigenvalue weighted by molar-refractivity contribution is 4.92. The third kappa shape index (κ3) is 0.779. The fraction of sp³-hybridized carbons (Fsp3) is 1.00. The van der Waals surface area contributed by atoms with Crippen molar-refractivity contribution >= 4 is 0 Å². The third-order valence-electron chi connectivity index (χ3n) is 2.27. The zero-order valence-corrected chi connectivity index (χ0v) is 5.99. The summed E-state index contributed by atoms with van der Waals surface area (Å²) < 4.78 is 10.7. The molecule has 3 nitrogen and oxygen atoms in total. The van der Waals surface area contributed by atoms with E-state index in [4.69, 9.17) is 9.47 Å². The summed E-state index contributed by atoms with van der Waals surface area (Å²) in [6, 6.07) is 0.